The van der Waals surface area contributed by atoms with Crippen molar-refractivity contribution in [3.8, 4) is 0 Å². The highest BCUT2D eigenvalue weighted by molar-refractivity contribution is 9.11. The van der Waals surface area contributed by atoms with Gasteiger partial charge in [-0.2, -0.15) is 4.31 Å². The van der Waals surface area contributed by atoms with Crippen LogP contribution in [0.25, 0.3) is 0 Å². The van der Waals surface area contributed by atoms with Gasteiger partial charge in [-0.05, 0) is 53.9 Å². The van der Waals surface area contributed by atoms with Crippen molar-refractivity contribution in [2.75, 3.05) is 6.54 Å². The van der Waals surface area contributed by atoms with E-state index in [9.17, 15) is 8.42 Å². The van der Waals surface area contributed by atoms with Gasteiger partial charge in [-0.1, -0.05) is 15.9 Å². The Bertz CT molecular complexity index is 577. The van der Waals surface area contributed by atoms with Crippen LogP contribution >= 0.6 is 31.9 Å². The minimum atomic E-state index is -3.47. The molecule has 2 atom stereocenters. The van der Waals surface area contributed by atoms with Crippen LogP contribution in [0, 0.1) is 0 Å². The Kier molecular flexibility index (Phi) is 4.72. The maximum Gasteiger partial charge on any atom is 0.244 e. The Hall–Kier alpha value is 0.0500. The van der Waals surface area contributed by atoms with E-state index in [0.717, 1.165) is 4.47 Å². The molecule has 19 heavy (non-hydrogen) atoms. The molecule has 1 aromatic carbocycles. The Morgan fingerprint density at radius 3 is 2.63 bits per heavy atom. The Balaban J connectivity index is 2.37. The van der Waals surface area contributed by atoms with E-state index in [-0.39, 0.29) is 12.1 Å². The van der Waals surface area contributed by atoms with Gasteiger partial charge < -0.3 is 5.73 Å². The number of nitrogens with zero attached hydrogens (tertiary/aromatic N) is 1. The minimum absolute atomic E-state index is 0.0655. The molecule has 2 unspecified atom stereocenters. The maximum absolute atomic E-state index is 12.7. The molecule has 4 nitrogen and oxygen atoms in total. The van der Waals surface area contributed by atoms with Crippen molar-refractivity contribution in [3.05, 3.63) is 27.1 Å². The number of hydrogen-bond donors (Lipinski definition) is 1. The van der Waals surface area contributed by atoms with Crippen molar-refractivity contribution in [1.29, 1.82) is 0 Å². The monoisotopic (exact) mass is 410 g/mol. The molecule has 0 radical (unpaired) electrons. The number of benzene rings is 1. The highest BCUT2D eigenvalue weighted by Gasteiger charge is 2.34. The fourth-order valence-corrected chi connectivity index (χ4v) is 5.72. The van der Waals surface area contributed by atoms with Gasteiger partial charge in [-0.25, -0.2) is 8.42 Å². The third-order valence-electron chi connectivity index (χ3n) is 3.34. The fourth-order valence-electron chi connectivity index (χ4n) is 2.35. The average Bonchev–Trinajstić information content (AvgIpc) is 2.27. The van der Waals surface area contributed by atoms with Crippen molar-refractivity contribution in [2.45, 2.75) is 36.7 Å². The molecule has 1 fully saturated rings. The summed E-state index contributed by atoms with van der Waals surface area (Å²) in [6, 6.07) is 5.12. The van der Waals surface area contributed by atoms with E-state index in [0.29, 0.717) is 28.8 Å². The molecule has 1 aliphatic rings. The van der Waals surface area contributed by atoms with Crippen molar-refractivity contribution >= 4 is 41.9 Å². The summed E-state index contributed by atoms with van der Waals surface area (Å²) >= 11 is 6.64. The van der Waals surface area contributed by atoms with E-state index < -0.39 is 10.0 Å². The topological polar surface area (TPSA) is 63.4 Å². The summed E-state index contributed by atoms with van der Waals surface area (Å²) in [5.41, 5.74) is 5.88. The first-order valence-electron chi connectivity index (χ1n) is 6.05. The highest BCUT2D eigenvalue weighted by atomic mass is 79.9. The van der Waals surface area contributed by atoms with Crippen molar-refractivity contribution in [1.82, 2.24) is 4.31 Å². The zero-order chi connectivity index (χ0) is 14.2. The maximum atomic E-state index is 12.7. The van der Waals surface area contributed by atoms with Crippen LogP contribution in [0.4, 0.5) is 0 Å². The van der Waals surface area contributed by atoms with Gasteiger partial charge in [0.2, 0.25) is 10.0 Å². The van der Waals surface area contributed by atoms with Crippen LogP contribution in [0.1, 0.15) is 19.8 Å². The van der Waals surface area contributed by atoms with Crippen LogP contribution in [0.15, 0.2) is 32.0 Å². The van der Waals surface area contributed by atoms with Gasteiger partial charge in [0.05, 0.1) is 4.90 Å². The van der Waals surface area contributed by atoms with Gasteiger partial charge in [0, 0.05) is 27.6 Å². The normalized spacial score (nSPS) is 25.5. The van der Waals surface area contributed by atoms with Crippen molar-refractivity contribution in [3.63, 3.8) is 0 Å². The highest BCUT2D eigenvalue weighted by Crippen LogP contribution is 2.31. The zero-order valence-electron chi connectivity index (χ0n) is 10.5. The first-order chi connectivity index (χ1) is 8.82. The van der Waals surface area contributed by atoms with Gasteiger partial charge in [0.25, 0.3) is 0 Å². The van der Waals surface area contributed by atoms with Gasteiger partial charge in [-0.15, -0.1) is 0 Å². The molecule has 0 amide bonds. The predicted octanol–water partition coefficient (Wildman–Crippen LogP) is 2.71. The number of piperidine rings is 1. The van der Waals surface area contributed by atoms with Crippen LogP contribution in [-0.2, 0) is 10.0 Å². The Morgan fingerprint density at radius 2 is 2.05 bits per heavy atom. The lowest BCUT2D eigenvalue weighted by molar-refractivity contribution is 0.247. The minimum Gasteiger partial charge on any atom is -0.328 e. The molecule has 0 saturated carbocycles. The molecule has 2 N–H and O–H groups in total. The van der Waals surface area contributed by atoms with Crippen molar-refractivity contribution in [2.24, 2.45) is 5.73 Å². The molecule has 7 heteroatoms. The molecule has 106 valence electrons. The molecule has 0 aliphatic carbocycles. The summed E-state index contributed by atoms with van der Waals surface area (Å²) in [4.78, 5) is 0.304. The predicted molar refractivity (Wildman–Crippen MR) is 82.4 cm³/mol. The summed E-state index contributed by atoms with van der Waals surface area (Å²) in [5.74, 6) is 0. The summed E-state index contributed by atoms with van der Waals surface area (Å²) in [6.07, 6.45) is 1.41. The molecule has 1 heterocycles. The molecular weight excluding hydrogens is 396 g/mol. The van der Waals surface area contributed by atoms with Crippen LogP contribution in [-0.4, -0.2) is 31.4 Å². The number of rotatable bonds is 2. The zero-order valence-corrected chi connectivity index (χ0v) is 14.5. The molecule has 0 aromatic heterocycles. The third-order valence-corrected chi connectivity index (χ3v) is 6.82. The van der Waals surface area contributed by atoms with E-state index in [1.54, 1.807) is 22.5 Å². The summed E-state index contributed by atoms with van der Waals surface area (Å²) in [7, 11) is -3.47. The first-order valence-corrected chi connectivity index (χ1v) is 9.07. The lowest BCUT2D eigenvalue weighted by Crippen LogP contribution is -2.48. The van der Waals surface area contributed by atoms with E-state index in [4.69, 9.17) is 5.73 Å². The third kappa shape index (κ3) is 3.21. The van der Waals surface area contributed by atoms with Gasteiger partial charge >= 0.3 is 0 Å². The quantitative estimate of drug-likeness (QED) is 0.813. The summed E-state index contributed by atoms with van der Waals surface area (Å²) in [6.45, 7) is 2.39. The second-order valence-corrected chi connectivity index (χ2v) is 8.45. The fraction of sp³-hybridized carbons (Fsp3) is 0.500. The SMILES string of the molecule is CC1CC(N)CCN1S(=O)(=O)c1ccc(Br)cc1Br. The van der Waals surface area contributed by atoms with E-state index in [1.807, 2.05) is 6.92 Å². The first kappa shape index (κ1) is 15.4. The number of nitrogens with two attached hydrogens (primary N) is 1. The lowest BCUT2D eigenvalue weighted by Gasteiger charge is -2.35. The second-order valence-electron chi connectivity index (χ2n) is 4.82. The van der Waals surface area contributed by atoms with E-state index in [2.05, 4.69) is 31.9 Å². The van der Waals surface area contributed by atoms with Crippen LogP contribution in [0.2, 0.25) is 0 Å². The number of halogens is 2. The number of hydrogen-bond acceptors (Lipinski definition) is 3. The number of sulfonamides is 1. The standard InChI is InChI=1S/C12H16Br2N2O2S/c1-8-6-10(15)4-5-16(8)19(17,18)12-3-2-9(13)7-11(12)14/h2-3,7-8,10H,4-6,15H2,1H3. The van der Waals surface area contributed by atoms with E-state index in [1.165, 1.54) is 0 Å². The van der Waals surface area contributed by atoms with Gasteiger partial charge in [0.15, 0.2) is 0 Å². The largest absolute Gasteiger partial charge is 0.328 e. The Morgan fingerprint density at radius 1 is 1.37 bits per heavy atom. The molecule has 1 aromatic rings. The second kappa shape index (κ2) is 5.81. The Labute approximate surface area is 130 Å². The molecule has 0 bridgehead atoms. The van der Waals surface area contributed by atoms with Gasteiger partial charge in [0.1, 0.15) is 0 Å². The lowest BCUT2D eigenvalue weighted by atomic mass is 10.0. The smallest absolute Gasteiger partial charge is 0.244 e. The average molecular weight is 412 g/mol. The van der Waals surface area contributed by atoms with Crippen LogP contribution in [0.3, 0.4) is 0 Å². The molecule has 0 spiro atoms. The van der Waals surface area contributed by atoms with Crippen LogP contribution in [0.5, 0.6) is 0 Å². The molecular formula is C12H16Br2N2O2S. The molecule has 1 saturated heterocycles. The van der Waals surface area contributed by atoms with Crippen molar-refractivity contribution < 1.29 is 8.42 Å². The van der Waals surface area contributed by atoms with Gasteiger partial charge in [-0.3, -0.25) is 0 Å². The molecule has 2 rings (SSSR count). The van der Waals surface area contributed by atoms with Crippen LogP contribution < -0.4 is 5.73 Å². The van der Waals surface area contributed by atoms with E-state index >= 15 is 0 Å². The summed E-state index contributed by atoms with van der Waals surface area (Å²) < 4.78 is 28.3. The summed E-state index contributed by atoms with van der Waals surface area (Å²) in [5, 5.41) is 0. The molecule has 1 aliphatic heterocycles.